The third-order valence-electron chi connectivity index (χ3n) is 4.78. The Morgan fingerprint density at radius 2 is 1.78 bits per heavy atom. The highest BCUT2D eigenvalue weighted by molar-refractivity contribution is 6.15. The number of para-hydroxylation sites is 1. The number of pyridine rings is 1. The second-order valence-electron chi connectivity index (χ2n) is 7.42. The molecule has 0 amide bonds. The minimum Gasteiger partial charge on any atom is -0.465 e. The first kappa shape index (κ1) is 15.7. The molecule has 0 spiro atoms. The van der Waals surface area contributed by atoms with Crippen molar-refractivity contribution in [2.24, 2.45) is 10.4 Å². The van der Waals surface area contributed by atoms with Crippen LogP contribution in [0.15, 0.2) is 41.5 Å². The molecule has 3 nitrogen and oxygen atoms in total. The maximum atomic E-state index is 6.28. The van der Waals surface area contributed by atoms with Crippen molar-refractivity contribution in [1.82, 2.24) is 4.98 Å². The predicted molar refractivity (Wildman–Crippen MR) is 94.3 cm³/mol. The molecule has 0 bridgehead atoms. The van der Waals surface area contributed by atoms with Gasteiger partial charge in [0.15, 0.2) is 0 Å². The predicted octanol–water partition coefficient (Wildman–Crippen LogP) is 4.69. The SMILES string of the molecule is Cc1cc(C2=NC(C)(C(C)(C)C)Oc3ccccc32)cnc1C. The molecule has 120 valence electrons. The molecule has 0 saturated carbocycles. The van der Waals surface area contributed by atoms with Crippen LogP contribution in [0.4, 0.5) is 0 Å². The van der Waals surface area contributed by atoms with E-state index in [0.29, 0.717) is 0 Å². The molecule has 2 aromatic rings. The normalized spacial score (nSPS) is 20.5. The van der Waals surface area contributed by atoms with Crippen LogP contribution in [-0.2, 0) is 0 Å². The second-order valence-corrected chi connectivity index (χ2v) is 7.42. The number of aliphatic imine (C=N–C) groups is 1. The van der Waals surface area contributed by atoms with Crippen molar-refractivity contribution >= 4 is 5.71 Å². The molecule has 0 saturated heterocycles. The summed E-state index contributed by atoms with van der Waals surface area (Å²) in [7, 11) is 0. The van der Waals surface area contributed by atoms with Gasteiger partial charge >= 0.3 is 0 Å². The summed E-state index contributed by atoms with van der Waals surface area (Å²) in [6.07, 6.45) is 1.91. The van der Waals surface area contributed by atoms with E-state index in [-0.39, 0.29) is 5.41 Å². The van der Waals surface area contributed by atoms with Crippen molar-refractivity contribution in [3.63, 3.8) is 0 Å². The van der Waals surface area contributed by atoms with E-state index in [2.05, 4.69) is 51.7 Å². The van der Waals surface area contributed by atoms with Gasteiger partial charge in [0.1, 0.15) is 5.75 Å². The molecule has 0 N–H and O–H groups in total. The van der Waals surface area contributed by atoms with Crippen LogP contribution in [0.2, 0.25) is 0 Å². The monoisotopic (exact) mass is 308 g/mol. The molecule has 1 unspecified atom stereocenters. The Morgan fingerprint density at radius 3 is 2.43 bits per heavy atom. The standard InChI is InChI=1S/C20H24N2O/c1-13-11-15(12-21-14(13)2)18-16-9-7-8-10-17(16)23-20(6,22-18)19(3,4)5/h7-12H,1-6H3. The van der Waals surface area contributed by atoms with Gasteiger partial charge in [-0.05, 0) is 44.5 Å². The molecule has 1 aromatic heterocycles. The first-order valence-electron chi connectivity index (χ1n) is 8.03. The number of ether oxygens (including phenoxy) is 1. The average molecular weight is 308 g/mol. The van der Waals surface area contributed by atoms with E-state index in [4.69, 9.17) is 9.73 Å². The fourth-order valence-corrected chi connectivity index (χ4v) is 2.58. The molecule has 1 aliphatic heterocycles. The third kappa shape index (κ3) is 2.65. The molecular weight excluding hydrogens is 284 g/mol. The van der Waals surface area contributed by atoms with Crippen molar-refractivity contribution in [2.45, 2.75) is 47.3 Å². The first-order chi connectivity index (χ1) is 10.7. The van der Waals surface area contributed by atoms with Crippen molar-refractivity contribution in [3.05, 3.63) is 58.9 Å². The van der Waals surface area contributed by atoms with Crippen molar-refractivity contribution in [1.29, 1.82) is 0 Å². The zero-order valence-corrected chi connectivity index (χ0v) is 14.8. The van der Waals surface area contributed by atoms with Gasteiger partial charge in [-0.2, -0.15) is 0 Å². The largest absolute Gasteiger partial charge is 0.465 e. The fourth-order valence-electron chi connectivity index (χ4n) is 2.58. The van der Waals surface area contributed by atoms with Crippen LogP contribution < -0.4 is 4.74 Å². The van der Waals surface area contributed by atoms with Gasteiger partial charge in [0.2, 0.25) is 5.72 Å². The van der Waals surface area contributed by atoms with Gasteiger partial charge < -0.3 is 4.74 Å². The van der Waals surface area contributed by atoms with Crippen LogP contribution in [-0.4, -0.2) is 16.4 Å². The average Bonchev–Trinajstić information content (AvgIpc) is 2.48. The topological polar surface area (TPSA) is 34.5 Å². The van der Waals surface area contributed by atoms with E-state index in [1.165, 1.54) is 5.56 Å². The maximum Gasteiger partial charge on any atom is 0.202 e. The number of aromatic nitrogens is 1. The van der Waals surface area contributed by atoms with Gasteiger partial charge in [0.05, 0.1) is 5.71 Å². The third-order valence-corrected chi connectivity index (χ3v) is 4.78. The van der Waals surface area contributed by atoms with Gasteiger partial charge in [-0.15, -0.1) is 0 Å². The highest BCUT2D eigenvalue weighted by atomic mass is 16.5. The quantitative estimate of drug-likeness (QED) is 0.766. The Kier molecular flexibility index (Phi) is 3.55. The summed E-state index contributed by atoms with van der Waals surface area (Å²) in [5.74, 6) is 0.883. The molecule has 1 aromatic carbocycles. The molecule has 23 heavy (non-hydrogen) atoms. The maximum absolute atomic E-state index is 6.28. The summed E-state index contributed by atoms with van der Waals surface area (Å²) in [4.78, 5) is 9.54. The van der Waals surface area contributed by atoms with Gasteiger partial charge in [-0.25, -0.2) is 4.99 Å². The number of fused-ring (bicyclic) bond motifs is 1. The summed E-state index contributed by atoms with van der Waals surface area (Å²) < 4.78 is 6.28. The lowest BCUT2D eigenvalue weighted by molar-refractivity contribution is -0.0112. The Morgan fingerprint density at radius 1 is 1.09 bits per heavy atom. The van der Waals surface area contributed by atoms with Crippen LogP contribution in [0.1, 0.15) is 50.1 Å². The number of aryl methyl sites for hydroxylation is 2. The lowest BCUT2D eigenvalue weighted by atomic mass is 9.83. The van der Waals surface area contributed by atoms with Crippen LogP contribution in [0, 0.1) is 19.3 Å². The molecular formula is C20H24N2O. The van der Waals surface area contributed by atoms with Crippen molar-refractivity contribution in [3.8, 4) is 5.75 Å². The van der Waals surface area contributed by atoms with Crippen LogP contribution >= 0.6 is 0 Å². The van der Waals surface area contributed by atoms with Crippen LogP contribution in [0.3, 0.4) is 0 Å². The fraction of sp³-hybridized carbons (Fsp3) is 0.400. The lowest BCUT2D eigenvalue weighted by Gasteiger charge is -2.42. The molecule has 3 heteroatoms. The van der Waals surface area contributed by atoms with E-state index >= 15 is 0 Å². The lowest BCUT2D eigenvalue weighted by Crippen LogP contribution is -2.46. The van der Waals surface area contributed by atoms with Gasteiger partial charge in [0.25, 0.3) is 0 Å². The molecule has 0 aliphatic carbocycles. The van der Waals surface area contributed by atoms with E-state index in [9.17, 15) is 0 Å². The number of benzene rings is 1. The summed E-state index contributed by atoms with van der Waals surface area (Å²) in [6.45, 7) is 12.6. The highest BCUT2D eigenvalue weighted by Gasteiger charge is 2.43. The summed E-state index contributed by atoms with van der Waals surface area (Å²) in [6, 6.07) is 10.3. The number of hydrogen-bond donors (Lipinski definition) is 0. The highest BCUT2D eigenvalue weighted by Crippen LogP contribution is 2.41. The first-order valence-corrected chi connectivity index (χ1v) is 8.03. The summed E-state index contributed by atoms with van der Waals surface area (Å²) >= 11 is 0. The van der Waals surface area contributed by atoms with Crippen LogP contribution in [0.25, 0.3) is 0 Å². The Balaban J connectivity index is 2.23. The van der Waals surface area contributed by atoms with E-state index < -0.39 is 5.72 Å². The van der Waals surface area contributed by atoms with Gasteiger partial charge in [0, 0.05) is 28.4 Å². The Labute approximate surface area is 138 Å². The molecule has 3 rings (SSSR count). The molecule has 1 aliphatic rings. The minimum atomic E-state index is -0.616. The zero-order chi connectivity index (χ0) is 16.8. The summed E-state index contributed by atoms with van der Waals surface area (Å²) in [5, 5.41) is 0. The smallest absolute Gasteiger partial charge is 0.202 e. The van der Waals surface area contributed by atoms with E-state index in [1.54, 1.807) is 0 Å². The molecule has 0 radical (unpaired) electrons. The van der Waals surface area contributed by atoms with Gasteiger partial charge in [-0.3, -0.25) is 4.98 Å². The van der Waals surface area contributed by atoms with Gasteiger partial charge in [-0.1, -0.05) is 32.9 Å². The van der Waals surface area contributed by atoms with Crippen LogP contribution in [0.5, 0.6) is 5.75 Å². The van der Waals surface area contributed by atoms with Crippen molar-refractivity contribution in [2.75, 3.05) is 0 Å². The summed E-state index contributed by atoms with van der Waals surface area (Å²) in [5.41, 5.74) is 4.51. The Hall–Kier alpha value is -2.16. The second kappa shape index (κ2) is 5.19. The van der Waals surface area contributed by atoms with Crippen molar-refractivity contribution < 1.29 is 4.74 Å². The van der Waals surface area contributed by atoms with E-state index in [0.717, 1.165) is 28.3 Å². The molecule has 1 atom stereocenters. The van der Waals surface area contributed by atoms with E-state index in [1.807, 2.05) is 31.3 Å². The molecule has 2 heterocycles. The number of hydrogen-bond acceptors (Lipinski definition) is 3. The minimum absolute atomic E-state index is 0.126. The molecule has 0 fully saturated rings. The number of rotatable bonds is 1. The number of nitrogens with zero attached hydrogens (tertiary/aromatic N) is 2. The Bertz CT molecular complexity index is 786. The zero-order valence-electron chi connectivity index (χ0n) is 14.8.